The Hall–Kier alpha value is -4.04. The third kappa shape index (κ3) is 7.05. The SMILES string of the molecule is N=C(N)c1ccc(CCc2nc3cc(C(=O)N(CCN)Cc4ccccc4F)ccc3n2CCC2CCCCC2)cc1. The van der Waals surface area contributed by atoms with Gasteiger partial charge in [-0.2, -0.15) is 0 Å². The number of aryl methyl sites for hydroxylation is 3. The Morgan fingerprint density at radius 3 is 2.45 bits per heavy atom. The van der Waals surface area contributed by atoms with Crippen molar-refractivity contribution < 1.29 is 9.18 Å². The third-order valence-electron chi connectivity index (χ3n) is 8.47. The number of hydrogen-bond acceptors (Lipinski definition) is 4. The molecule has 0 aliphatic heterocycles. The molecule has 0 saturated heterocycles. The fourth-order valence-electron chi connectivity index (χ4n) is 6.07. The zero-order valence-corrected chi connectivity index (χ0v) is 24.2. The summed E-state index contributed by atoms with van der Waals surface area (Å²) in [5.74, 6) is 1.29. The summed E-state index contributed by atoms with van der Waals surface area (Å²) in [4.78, 5) is 20.2. The fourth-order valence-corrected chi connectivity index (χ4v) is 6.07. The first-order valence-corrected chi connectivity index (χ1v) is 15.1. The van der Waals surface area contributed by atoms with Crippen LogP contribution in [0.2, 0.25) is 0 Å². The summed E-state index contributed by atoms with van der Waals surface area (Å²) in [6.45, 7) is 1.67. The van der Waals surface area contributed by atoms with Gasteiger partial charge in [0, 0.05) is 49.3 Å². The van der Waals surface area contributed by atoms with Crippen LogP contribution in [0.4, 0.5) is 4.39 Å². The van der Waals surface area contributed by atoms with Crippen LogP contribution in [0.1, 0.15) is 71.4 Å². The Morgan fingerprint density at radius 2 is 1.74 bits per heavy atom. The van der Waals surface area contributed by atoms with E-state index in [1.807, 2.05) is 42.5 Å². The molecule has 0 spiro atoms. The quantitative estimate of drug-likeness (QED) is 0.148. The van der Waals surface area contributed by atoms with Gasteiger partial charge < -0.3 is 20.9 Å². The lowest BCUT2D eigenvalue weighted by Crippen LogP contribution is -2.35. The van der Waals surface area contributed by atoms with Gasteiger partial charge in [-0.15, -0.1) is 0 Å². The number of amidine groups is 1. The number of imidazole rings is 1. The standard InChI is InChI=1S/C34H41FN6O/c35-29-9-5-4-8-28(29)23-40(21-19-36)34(42)27-15-16-31-30(22-27)39-32(41(31)20-18-24-6-2-1-3-7-24)17-12-25-10-13-26(14-11-25)33(37)38/h4-5,8-11,13-16,22,24H,1-3,6-7,12,17-21,23,36H2,(H3,37,38). The van der Waals surface area contributed by atoms with Crippen LogP contribution in [0.15, 0.2) is 66.7 Å². The van der Waals surface area contributed by atoms with Gasteiger partial charge in [-0.1, -0.05) is 74.6 Å². The molecule has 0 bridgehead atoms. The van der Waals surface area contributed by atoms with Crippen molar-refractivity contribution in [1.82, 2.24) is 14.5 Å². The van der Waals surface area contributed by atoms with E-state index < -0.39 is 0 Å². The van der Waals surface area contributed by atoms with Crippen molar-refractivity contribution in [2.24, 2.45) is 17.4 Å². The molecule has 0 unspecified atom stereocenters. The van der Waals surface area contributed by atoms with Crippen molar-refractivity contribution >= 4 is 22.8 Å². The number of nitrogens with zero attached hydrogens (tertiary/aromatic N) is 3. The second kappa shape index (κ2) is 13.7. The summed E-state index contributed by atoms with van der Waals surface area (Å²) in [6, 6.07) is 20.1. The minimum absolute atomic E-state index is 0.0651. The molecule has 42 heavy (non-hydrogen) atoms. The molecule has 1 saturated carbocycles. The summed E-state index contributed by atoms with van der Waals surface area (Å²) < 4.78 is 16.7. The van der Waals surface area contributed by atoms with Crippen molar-refractivity contribution in [3.8, 4) is 0 Å². The maximum atomic E-state index is 14.4. The summed E-state index contributed by atoms with van der Waals surface area (Å²) in [5.41, 5.74) is 16.1. The van der Waals surface area contributed by atoms with Gasteiger partial charge in [-0.3, -0.25) is 10.2 Å². The van der Waals surface area contributed by atoms with E-state index in [0.29, 0.717) is 23.2 Å². The van der Waals surface area contributed by atoms with E-state index in [1.54, 1.807) is 23.1 Å². The first-order chi connectivity index (χ1) is 20.4. The molecule has 1 heterocycles. The van der Waals surface area contributed by atoms with Gasteiger partial charge in [0.15, 0.2) is 0 Å². The van der Waals surface area contributed by atoms with Crippen molar-refractivity contribution in [2.45, 2.75) is 64.5 Å². The monoisotopic (exact) mass is 568 g/mol. The smallest absolute Gasteiger partial charge is 0.254 e. The molecule has 7 nitrogen and oxygen atoms in total. The number of halogens is 1. The van der Waals surface area contributed by atoms with Gasteiger partial charge in [-0.05, 0) is 48.6 Å². The van der Waals surface area contributed by atoms with E-state index in [2.05, 4.69) is 4.57 Å². The second-order valence-corrected chi connectivity index (χ2v) is 11.4. The van der Waals surface area contributed by atoms with E-state index in [9.17, 15) is 9.18 Å². The lowest BCUT2D eigenvalue weighted by molar-refractivity contribution is 0.0747. The van der Waals surface area contributed by atoms with E-state index >= 15 is 0 Å². The topological polar surface area (TPSA) is 114 Å². The van der Waals surface area contributed by atoms with E-state index in [1.165, 1.54) is 38.2 Å². The third-order valence-corrected chi connectivity index (χ3v) is 8.47. The van der Waals surface area contributed by atoms with Crippen LogP contribution < -0.4 is 11.5 Å². The summed E-state index contributed by atoms with van der Waals surface area (Å²) in [6.07, 6.45) is 9.25. The van der Waals surface area contributed by atoms with E-state index in [0.717, 1.165) is 54.1 Å². The Balaban J connectivity index is 1.40. The lowest BCUT2D eigenvalue weighted by atomic mass is 9.87. The van der Waals surface area contributed by atoms with Crippen LogP contribution in [0.3, 0.4) is 0 Å². The maximum absolute atomic E-state index is 14.4. The van der Waals surface area contributed by atoms with Crippen molar-refractivity contribution in [3.05, 3.63) is 101 Å². The van der Waals surface area contributed by atoms with Gasteiger partial charge in [0.1, 0.15) is 17.5 Å². The number of carbonyl (C=O) groups is 1. The molecule has 1 aliphatic carbocycles. The molecule has 3 aromatic carbocycles. The number of nitrogens with two attached hydrogens (primary N) is 2. The van der Waals surface area contributed by atoms with Crippen LogP contribution in [0.5, 0.6) is 0 Å². The molecule has 1 aliphatic rings. The molecule has 1 fully saturated rings. The normalized spacial score (nSPS) is 13.9. The minimum atomic E-state index is -0.333. The molecular formula is C34H41FN6O. The summed E-state index contributed by atoms with van der Waals surface area (Å²) >= 11 is 0. The van der Waals surface area contributed by atoms with Crippen LogP contribution in [-0.2, 0) is 25.9 Å². The number of aromatic nitrogens is 2. The largest absolute Gasteiger partial charge is 0.384 e. The average molecular weight is 569 g/mol. The molecule has 5 N–H and O–H groups in total. The molecule has 220 valence electrons. The molecule has 4 aromatic rings. The molecule has 5 rings (SSSR count). The van der Waals surface area contributed by atoms with E-state index in [-0.39, 0.29) is 30.6 Å². The number of nitrogen functional groups attached to an aromatic ring is 1. The second-order valence-electron chi connectivity index (χ2n) is 11.4. The van der Waals surface area contributed by atoms with E-state index in [4.69, 9.17) is 21.9 Å². The van der Waals surface area contributed by atoms with Gasteiger partial charge in [0.25, 0.3) is 5.91 Å². The zero-order chi connectivity index (χ0) is 29.5. The lowest BCUT2D eigenvalue weighted by Gasteiger charge is -2.23. The van der Waals surface area contributed by atoms with Gasteiger partial charge in [0.2, 0.25) is 0 Å². The Labute approximate surface area is 247 Å². The predicted octanol–water partition coefficient (Wildman–Crippen LogP) is 5.82. The van der Waals surface area contributed by atoms with Crippen molar-refractivity contribution in [3.63, 3.8) is 0 Å². The molecule has 1 amide bonds. The molecular weight excluding hydrogens is 527 g/mol. The number of benzene rings is 3. The number of fused-ring (bicyclic) bond motifs is 1. The number of rotatable bonds is 12. The number of carbonyl (C=O) groups excluding carboxylic acids is 1. The Morgan fingerprint density at radius 1 is 1.00 bits per heavy atom. The van der Waals surface area contributed by atoms with Crippen LogP contribution >= 0.6 is 0 Å². The average Bonchev–Trinajstić information content (AvgIpc) is 3.36. The highest BCUT2D eigenvalue weighted by molar-refractivity contribution is 5.97. The van der Waals surface area contributed by atoms with Gasteiger partial charge in [0.05, 0.1) is 11.0 Å². The number of hydrogen-bond donors (Lipinski definition) is 3. The molecule has 1 aromatic heterocycles. The summed E-state index contributed by atoms with van der Waals surface area (Å²) in [5, 5.41) is 7.64. The van der Waals surface area contributed by atoms with Crippen LogP contribution in [0, 0.1) is 17.1 Å². The first-order valence-electron chi connectivity index (χ1n) is 15.1. The fraction of sp³-hybridized carbons (Fsp3) is 0.382. The highest BCUT2D eigenvalue weighted by Gasteiger charge is 2.20. The van der Waals surface area contributed by atoms with Gasteiger partial charge in [-0.25, -0.2) is 9.37 Å². The minimum Gasteiger partial charge on any atom is -0.384 e. The molecule has 0 radical (unpaired) electrons. The summed E-state index contributed by atoms with van der Waals surface area (Å²) in [7, 11) is 0. The highest BCUT2D eigenvalue weighted by Crippen LogP contribution is 2.28. The molecule has 8 heteroatoms. The van der Waals surface area contributed by atoms with Crippen LogP contribution in [0.25, 0.3) is 11.0 Å². The van der Waals surface area contributed by atoms with Crippen LogP contribution in [-0.4, -0.2) is 39.3 Å². The van der Waals surface area contributed by atoms with Crippen molar-refractivity contribution in [2.75, 3.05) is 13.1 Å². The Kier molecular flexibility index (Phi) is 9.64. The number of nitrogens with one attached hydrogen (secondary N) is 1. The molecule has 0 atom stereocenters. The Bertz CT molecular complexity index is 1520. The predicted molar refractivity (Wildman–Crippen MR) is 166 cm³/mol. The van der Waals surface area contributed by atoms with Gasteiger partial charge >= 0.3 is 0 Å². The first kappa shape index (κ1) is 29.5. The maximum Gasteiger partial charge on any atom is 0.254 e. The van der Waals surface area contributed by atoms with Crippen molar-refractivity contribution in [1.29, 1.82) is 5.41 Å². The highest BCUT2D eigenvalue weighted by atomic mass is 19.1. The zero-order valence-electron chi connectivity index (χ0n) is 24.2. The number of amides is 1.